The first kappa shape index (κ1) is 17.1. The van der Waals surface area contributed by atoms with Gasteiger partial charge in [-0.05, 0) is 61.3 Å². The van der Waals surface area contributed by atoms with E-state index < -0.39 is 5.97 Å². The molecule has 0 heterocycles. The van der Waals surface area contributed by atoms with Crippen LogP contribution >= 0.6 is 0 Å². The third kappa shape index (κ3) is 3.21. The van der Waals surface area contributed by atoms with Crippen molar-refractivity contribution in [3.63, 3.8) is 0 Å². The number of carbonyl (C=O) groups is 1. The molecule has 0 saturated carbocycles. The fourth-order valence-corrected chi connectivity index (χ4v) is 4.49. The van der Waals surface area contributed by atoms with Crippen molar-refractivity contribution in [1.29, 1.82) is 0 Å². The molecule has 0 saturated heterocycles. The van der Waals surface area contributed by atoms with E-state index >= 15 is 0 Å². The van der Waals surface area contributed by atoms with E-state index in [2.05, 4.69) is 46.4 Å². The first-order valence-electron chi connectivity index (χ1n) is 8.53. The molecule has 2 rings (SSSR count). The van der Waals surface area contributed by atoms with Gasteiger partial charge < -0.3 is 5.11 Å². The molecule has 0 aliphatic heterocycles. The van der Waals surface area contributed by atoms with Gasteiger partial charge in [-0.2, -0.15) is 0 Å². The maximum atomic E-state index is 11.1. The molecule has 0 spiro atoms. The fraction of sp³-hybridized carbons (Fsp3) is 0.650. The number of carboxylic acid groups (broad SMARTS) is 1. The molecule has 0 aromatic carbocycles. The van der Waals surface area contributed by atoms with Gasteiger partial charge >= 0.3 is 5.97 Å². The molecule has 0 bridgehead atoms. The Balaban J connectivity index is 2.35. The molecule has 22 heavy (non-hydrogen) atoms. The van der Waals surface area contributed by atoms with Crippen molar-refractivity contribution in [2.45, 2.75) is 59.8 Å². The zero-order chi connectivity index (χ0) is 16.5. The van der Waals surface area contributed by atoms with Crippen molar-refractivity contribution in [2.75, 3.05) is 0 Å². The van der Waals surface area contributed by atoms with Gasteiger partial charge in [-0.15, -0.1) is 0 Å². The van der Waals surface area contributed by atoms with Gasteiger partial charge in [0, 0.05) is 6.42 Å². The summed E-state index contributed by atoms with van der Waals surface area (Å²) in [5.74, 6) is 0.789. The highest BCUT2D eigenvalue weighted by atomic mass is 16.4. The van der Waals surface area contributed by atoms with Crippen LogP contribution in [0.4, 0.5) is 0 Å². The van der Waals surface area contributed by atoms with Crippen LogP contribution < -0.4 is 0 Å². The van der Waals surface area contributed by atoms with Gasteiger partial charge in [-0.25, -0.2) is 0 Å². The van der Waals surface area contributed by atoms with Crippen LogP contribution in [0.5, 0.6) is 0 Å². The van der Waals surface area contributed by atoms with E-state index in [0.29, 0.717) is 17.8 Å². The van der Waals surface area contributed by atoms with Crippen LogP contribution in [-0.4, -0.2) is 11.1 Å². The maximum Gasteiger partial charge on any atom is 0.303 e. The molecule has 2 aliphatic rings. The fourth-order valence-electron chi connectivity index (χ4n) is 4.49. The Kier molecular flexibility index (Phi) is 4.99. The van der Waals surface area contributed by atoms with Gasteiger partial charge in [-0.3, -0.25) is 4.79 Å². The Morgan fingerprint density at radius 1 is 1.50 bits per heavy atom. The topological polar surface area (TPSA) is 37.3 Å². The third-order valence-corrected chi connectivity index (χ3v) is 5.87. The Labute approximate surface area is 135 Å². The summed E-state index contributed by atoms with van der Waals surface area (Å²) < 4.78 is 0. The molecule has 3 atom stereocenters. The largest absolute Gasteiger partial charge is 0.481 e. The van der Waals surface area contributed by atoms with E-state index in [9.17, 15) is 4.79 Å². The number of allylic oxidation sites excluding steroid dienone is 5. The van der Waals surface area contributed by atoms with Crippen molar-refractivity contribution in [2.24, 2.45) is 23.2 Å². The monoisotopic (exact) mass is 302 g/mol. The molecule has 0 aromatic heterocycles. The van der Waals surface area contributed by atoms with Crippen LogP contribution in [0.1, 0.15) is 59.8 Å². The standard InChI is InChI=1S/C20H30O2/c1-13(2)15-6-9-18-16(12-15)7-8-17(14(3)4)20(18,5)11-10-19(21)22/h7,12-13,17-18H,3,6,8-11H2,1-2,4-5H3,(H,21,22). The van der Waals surface area contributed by atoms with Crippen LogP contribution in [0.25, 0.3) is 0 Å². The van der Waals surface area contributed by atoms with Crippen molar-refractivity contribution >= 4 is 5.97 Å². The lowest BCUT2D eigenvalue weighted by molar-refractivity contribution is -0.138. The molecular formula is C20H30O2. The molecular weight excluding hydrogens is 272 g/mol. The van der Waals surface area contributed by atoms with Crippen LogP contribution in [0, 0.1) is 23.2 Å². The summed E-state index contributed by atoms with van der Waals surface area (Å²) in [7, 11) is 0. The Morgan fingerprint density at radius 2 is 2.18 bits per heavy atom. The molecule has 2 heteroatoms. The first-order valence-corrected chi connectivity index (χ1v) is 8.53. The van der Waals surface area contributed by atoms with Crippen LogP contribution in [0.2, 0.25) is 0 Å². The van der Waals surface area contributed by atoms with E-state index in [4.69, 9.17) is 5.11 Å². The van der Waals surface area contributed by atoms with Gasteiger partial charge in [0.25, 0.3) is 0 Å². The van der Waals surface area contributed by atoms with Crippen molar-refractivity contribution in [3.05, 3.63) is 35.5 Å². The molecule has 0 aromatic rings. The summed E-state index contributed by atoms with van der Waals surface area (Å²) in [5.41, 5.74) is 4.20. The smallest absolute Gasteiger partial charge is 0.303 e. The Morgan fingerprint density at radius 3 is 2.73 bits per heavy atom. The average Bonchev–Trinajstić information content (AvgIpc) is 2.44. The second-order valence-electron chi connectivity index (χ2n) is 7.70. The lowest BCUT2D eigenvalue weighted by Gasteiger charge is -2.49. The zero-order valence-corrected chi connectivity index (χ0v) is 14.5. The summed E-state index contributed by atoms with van der Waals surface area (Å²) in [6.07, 6.45) is 9.07. The summed E-state index contributed by atoms with van der Waals surface area (Å²) in [5, 5.41) is 9.15. The minimum atomic E-state index is -0.688. The predicted octanol–water partition coefficient (Wildman–Crippen LogP) is 5.37. The summed E-state index contributed by atoms with van der Waals surface area (Å²) >= 11 is 0. The van der Waals surface area contributed by atoms with E-state index in [1.54, 1.807) is 0 Å². The van der Waals surface area contributed by atoms with Gasteiger partial charge in [0.05, 0.1) is 0 Å². The Bertz CT molecular complexity index is 524. The second-order valence-corrected chi connectivity index (χ2v) is 7.70. The van der Waals surface area contributed by atoms with Crippen LogP contribution in [0.3, 0.4) is 0 Å². The minimum Gasteiger partial charge on any atom is -0.481 e. The number of fused-ring (bicyclic) bond motifs is 1. The van der Waals surface area contributed by atoms with Gasteiger partial charge in [-0.1, -0.05) is 50.6 Å². The summed E-state index contributed by atoms with van der Waals surface area (Å²) in [6.45, 7) is 13.1. The van der Waals surface area contributed by atoms with Crippen LogP contribution in [-0.2, 0) is 4.79 Å². The maximum absolute atomic E-state index is 11.1. The molecule has 1 N–H and O–H groups in total. The van der Waals surface area contributed by atoms with E-state index in [1.807, 2.05) is 0 Å². The molecule has 0 radical (unpaired) electrons. The van der Waals surface area contributed by atoms with E-state index in [0.717, 1.165) is 25.7 Å². The molecule has 2 nitrogen and oxygen atoms in total. The quantitative estimate of drug-likeness (QED) is 0.693. The highest BCUT2D eigenvalue weighted by Gasteiger charge is 2.45. The SMILES string of the molecule is C=C(C)C1CC=C2C=C(C(C)C)CCC2C1(C)CCC(=O)O. The molecule has 2 aliphatic carbocycles. The Hall–Kier alpha value is -1.31. The number of aliphatic carboxylic acids is 1. The highest BCUT2D eigenvalue weighted by Crippen LogP contribution is 2.55. The molecule has 3 unspecified atom stereocenters. The third-order valence-electron chi connectivity index (χ3n) is 5.87. The lowest BCUT2D eigenvalue weighted by atomic mass is 9.55. The number of hydrogen-bond acceptors (Lipinski definition) is 1. The number of hydrogen-bond donors (Lipinski definition) is 1. The number of rotatable bonds is 5. The minimum absolute atomic E-state index is 0.0211. The average molecular weight is 302 g/mol. The van der Waals surface area contributed by atoms with E-state index in [-0.39, 0.29) is 11.8 Å². The van der Waals surface area contributed by atoms with Gasteiger partial charge in [0.2, 0.25) is 0 Å². The van der Waals surface area contributed by atoms with Crippen molar-refractivity contribution in [3.8, 4) is 0 Å². The normalized spacial score (nSPS) is 31.3. The van der Waals surface area contributed by atoms with Crippen molar-refractivity contribution < 1.29 is 9.90 Å². The summed E-state index contributed by atoms with van der Waals surface area (Å²) in [6, 6.07) is 0. The van der Waals surface area contributed by atoms with E-state index in [1.165, 1.54) is 16.7 Å². The number of carboxylic acids is 1. The zero-order valence-electron chi connectivity index (χ0n) is 14.5. The lowest BCUT2D eigenvalue weighted by Crippen LogP contribution is -2.41. The molecule has 122 valence electrons. The predicted molar refractivity (Wildman–Crippen MR) is 91.6 cm³/mol. The van der Waals surface area contributed by atoms with Gasteiger partial charge in [0.1, 0.15) is 0 Å². The summed E-state index contributed by atoms with van der Waals surface area (Å²) in [4.78, 5) is 11.1. The van der Waals surface area contributed by atoms with Crippen molar-refractivity contribution in [1.82, 2.24) is 0 Å². The highest BCUT2D eigenvalue weighted by molar-refractivity contribution is 5.66. The van der Waals surface area contributed by atoms with Gasteiger partial charge in [0.15, 0.2) is 0 Å². The second kappa shape index (κ2) is 6.44. The molecule has 0 amide bonds. The van der Waals surface area contributed by atoms with Crippen LogP contribution in [0.15, 0.2) is 35.5 Å². The first-order chi connectivity index (χ1) is 10.3. The molecule has 0 fully saturated rings.